The minimum Gasteiger partial charge on any atom is -0.445 e. The van der Waals surface area contributed by atoms with Gasteiger partial charge in [0.2, 0.25) is 7.59 Å². The molecule has 270 valence electrons. The molecule has 2 rings (SSSR count). The smallest absolute Gasteiger partial charge is 0.407 e. The molecule has 1 fully saturated rings. The number of hydrogen-bond acceptors (Lipinski definition) is 10. The van der Waals surface area contributed by atoms with Gasteiger partial charge < -0.3 is 49.0 Å². The Hall–Kier alpha value is -0.523. The maximum absolute atomic E-state index is 12.6. The number of carbonyl (C=O) groups excluding carboxylic acids is 2. The third-order valence-corrected chi connectivity index (χ3v) is 12.5. The highest BCUT2D eigenvalue weighted by Gasteiger charge is 2.48. The molecule has 0 unspecified atom stereocenters. The van der Waals surface area contributed by atoms with Crippen LogP contribution in [0.3, 0.4) is 0 Å². The Morgan fingerprint density at radius 1 is 0.915 bits per heavy atom. The van der Waals surface area contributed by atoms with Crippen molar-refractivity contribution in [1.29, 1.82) is 0 Å². The van der Waals surface area contributed by atoms with E-state index in [0.717, 1.165) is 5.56 Å². The van der Waals surface area contributed by atoms with Crippen LogP contribution in [0.4, 0.5) is 9.59 Å². The lowest BCUT2D eigenvalue weighted by atomic mass is 9.97. The van der Waals surface area contributed by atoms with E-state index in [9.17, 15) is 19.8 Å². The number of ether oxygens (including phenoxy) is 5. The number of aliphatic hydroxyl groups excluding tert-OH is 2. The fourth-order valence-electron chi connectivity index (χ4n) is 3.79. The normalized spacial score (nSPS) is 23.1. The quantitative estimate of drug-likeness (QED) is 0.138. The lowest BCUT2D eigenvalue weighted by molar-refractivity contribution is -0.270. The van der Waals surface area contributed by atoms with E-state index in [0.29, 0.717) is 0 Å². The lowest BCUT2D eigenvalue weighted by Gasteiger charge is -2.44. The standard InChI is InChI=1S/C28H42Cl6N2O10Si/c1-26(2,3)47(4,5)45-14-19-21(37)22(38)20(36-25(40)44-16-28(32,33)34)23(46-19)42-13-18(35-24(39)43-15-27(29,30)31)12-41-11-17-9-7-6-8-10-17/h6-10,18-23,37-38H,11-16H2,1-5H3,(H,35,39)(H,36,40)/t18-,19-,20-,21-,22-,23-/m1/s1. The number of nitrogens with one attached hydrogen (secondary N) is 2. The molecule has 0 aliphatic carbocycles. The van der Waals surface area contributed by atoms with Gasteiger partial charge in [-0.2, -0.15) is 0 Å². The van der Waals surface area contributed by atoms with Gasteiger partial charge >= 0.3 is 12.2 Å². The molecule has 0 saturated carbocycles. The Labute approximate surface area is 305 Å². The Morgan fingerprint density at radius 2 is 1.49 bits per heavy atom. The third kappa shape index (κ3) is 15.9. The molecule has 1 aliphatic rings. The van der Waals surface area contributed by atoms with Crippen molar-refractivity contribution in [3.63, 3.8) is 0 Å². The van der Waals surface area contributed by atoms with E-state index in [4.69, 9.17) is 97.7 Å². The average Bonchev–Trinajstić information content (AvgIpc) is 2.95. The number of hydrogen-bond donors (Lipinski definition) is 4. The molecule has 6 atom stereocenters. The van der Waals surface area contributed by atoms with Crippen LogP contribution in [0.5, 0.6) is 0 Å². The molecular formula is C28H42Cl6N2O10Si. The summed E-state index contributed by atoms with van der Waals surface area (Å²) in [5.41, 5.74) is 0.876. The van der Waals surface area contributed by atoms with Gasteiger partial charge in [0.05, 0.1) is 32.5 Å². The summed E-state index contributed by atoms with van der Waals surface area (Å²) in [4.78, 5) is 25.1. The first-order chi connectivity index (χ1) is 21.6. The van der Waals surface area contributed by atoms with Crippen molar-refractivity contribution in [3.05, 3.63) is 35.9 Å². The predicted molar refractivity (Wildman–Crippen MR) is 183 cm³/mol. The van der Waals surface area contributed by atoms with Crippen molar-refractivity contribution in [2.45, 2.75) is 89.8 Å². The number of alkyl halides is 6. The summed E-state index contributed by atoms with van der Waals surface area (Å²) < 4.78 is 30.2. The highest BCUT2D eigenvalue weighted by molar-refractivity contribution is 6.74. The van der Waals surface area contributed by atoms with Gasteiger partial charge in [-0.15, -0.1) is 0 Å². The minimum absolute atomic E-state index is 0.0725. The second-order valence-electron chi connectivity index (χ2n) is 12.3. The molecular weight excluding hydrogens is 765 g/mol. The molecule has 19 heteroatoms. The fourth-order valence-corrected chi connectivity index (χ4v) is 5.13. The van der Waals surface area contributed by atoms with Gasteiger partial charge in [-0.1, -0.05) is 121 Å². The summed E-state index contributed by atoms with van der Waals surface area (Å²) in [5.74, 6) is 0. The number of halogens is 6. The molecule has 4 N–H and O–H groups in total. The summed E-state index contributed by atoms with van der Waals surface area (Å²) >= 11 is 34.1. The summed E-state index contributed by atoms with van der Waals surface area (Å²) in [6, 6.07) is 7.04. The Morgan fingerprint density at radius 3 is 2.04 bits per heavy atom. The van der Waals surface area contributed by atoms with E-state index in [-0.39, 0.29) is 31.5 Å². The molecule has 1 saturated heterocycles. The van der Waals surface area contributed by atoms with Crippen LogP contribution in [0, 0.1) is 0 Å². The van der Waals surface area contributed by atoms with E-state index in [1.807, 2.05) is 64.2 Å². The van der Waals surface area contributed by atoms with E-state index in [1.54, 1.807) is 0 Å². The van der Waals surface area contributed by atoms with Crippen LogP contribution in [-0.2, 0) is 34.7 Å². The highest BCUT2D eigenvalue weighted by atomic mass is 35.6. The maximum atomic E-state index is 12.6. The van der Waals surface area contributed by atoms with Crippen LogP contribution < -0.4 is 10.6 Å². The number of benzene rings is 1. The van der Waals surface area contributed by atoms with E-state index in [1.165, 1.54) is 0 Å². The Balaban J connectivity index is 2.23. The summed E-state index contributed by atoms with van der Waals surface area (Å²) in [7, 11) is -2.30. The zero-order valence-corrected chi connectivity index (χ0v) is 32.1. The monoisotopic (exact) mass is 804 g/mol. The molecule has 0 spiro atoms. The van der Waals surface area contributed by atoms with Crippen molar-refractivity contribution < 1.29 is 47.9 Å². The van der Waals surface area contributed by atoms with Gasteiger partial charge in [0.1, 0.15) is 37.6 Å². The first kappa shape index (κ1) is 42.6. The molecule has 1 heterocycles. The predicted octanol–water partition coefficient (Wildman–Crippen LogP) is 5.62. The van der Waals surface area contributed by atoms with Gasteiger partial charge in [-0.05, 0) is 23.7 Å². The number of amides is 2. The molecule has 12 nitrogen and oxygen atoms in total. The Bertz CT molecular complexity index is 1120. The second-order valence-corrected chi connectivity index (χ2v) is 22.2. The van der Waals surface area contributed by atoms with Gasteiger partial charge in [0, 0.05) is 0 Å². The van der Waals surface area contributed by atoms with Crippen LogP contribution in [0.1, 0.15) is 26.3 Å². The topological polar surface area (TPSA) is 154 Å². The van der Waals surface area contributed by atoms with Crippen LogP contribution in [-0.4, -0.2) is 108 Å². The van der Waals surface area contributed by atoms with Crippen molar-refractivity contribution in [2.24, 2.45) is 0 Å². The van der Waals surface area contributed by atoms with E-state index in [2.05, 4.69) is 10.6 Å². The molecule has 0 bridgehead atoms. The highest BCUT2D eigenvalue weighted by Crippen LogP contribution is 2.37. The number of carbonyl (C=O) groups is 2. The molecule has 47 heavy (non-hydrogen) atoms. The number of rotatable bonds is 14. The van der Waals surface area contributed by atoms with Crippen LogP contribution >= 0.6 is 69.6 Å². The molecule has 1 aromatic rings. The third-order valence-electron chi connectivity index (χ3n) is 7.35. The first-order valence-corrected chi connectivity index (χ1v) is 19.6. The average molecular weight is 807 g/mol. The van der Waals surface area contributed by atoms with Crippen molar-refractivity contribution >= 4 is 90.1 Å². The van der Waals surface area contributed by atoms with Gasteiger partial charge in [0.15, 0.2) is 14.6 Å². The second kappa shape index (κ2) is 18.6. The first-order valence-electron chi connectivity index (χ1n) is 14.5. The van der Waals surface area contributed by atoms with Crippen molar-refractivity contribution in [3.8, 4) is 0 Å². The zero-order chi connectivity index (χ0) is 35.6. The molecule has 0 radical (unpaired) electrons. The van der Waals surface area contributed by atoms with Crippen LogP contribution in [0.2, 0.25) is 18.1 Å². The Kier molecular flexibility index (Phi) is 16.9. The van der Waals surface area contributed by atoms with E-state index >= 15 is 0 Å². The summed E-state index contributed by atoms with van der Waals surface area (Å²) in [5, 5.41) is 26.9. The minimum atomic E-state index is -2.30. The summed E-state index contributed by atoms with van der Waals surface area (Å²) in [6.07, 6.45) is -7.59. The largest absolute Gasteiger partial charge is 0.445 e. The molecule has 1 aromatic carbocycles. The number of alkyl carbamates (subject to hydrolysis) is 2. The molecule has 1 aliphatic heterocycles. The van der Waals surface area contributed by atoms with E-state index < -0.39 is 78.0 Å². The fraction of sp³-hybridized carbons (Fsp3) is 0.714. The van der Waals surface area contributed by atoms with Crippen LogP contribution in [0.15, 0.2) is 30.3 Å². The molecule has 2 amide bonds. The van der Waals surface area contributed by atoms with Crippen LogP contribution in [0.25, 0.3) is 0 Å². The van der Waals surface area contributed by atoms with Crippen molar-refractivity contribution in [1.82, 2.24) is 10.6 Å². The van der Waals surface area contributed by atoms with Gasteiger partial charge in [0.25, 0.3) is 0 Å². The van der Waals surface area contributed by atoms with Crippen molar-refractivity contribution in [2.75, 3.05) is 33.0 Å². The maximum Gasteiger partial charge on any atom is 0.407 e. The van der Waals surface area contributed by atoms with Gasteiger partial charge in [-0.25, -0.2) is 9.59 Å². The summed E-state index contributed by atoms with van der Waals surface area (Å²) in [6.45, 7) is 8.81. The SMILES string of the molecule is CC(C)(C)[Si](C)(C)OC[C@H]1O[C@@H](OC[C@@H](COCc2ccccc2)NC(=O)OCC(Cl)(Cl)Cl)[C@H](NC(=O)OCC(Cl)(Cl)Cl)[C@@H](O)[C@@H]1O. The zero-order valence-electron chi connectivity index (χ0n) is 26.5. The number of aliphatic hydroxyl groups is 2. The van der Waals surface area contributed by atoms with Gasteiger partial charge in [-0.3, -0.25) is 0 Å². The molecule has 0 aromatic heterocycles. The lowest BCUT2D eigenvalue weighted by Crippen LogP contribution is -2.65.